The molecule has 0 atom stereocenters. The van der Waals surface area contributed by atoms with Crippen molar-refractivity contribution < 1.29 is 13.9 Å². The first-order valence-corrected chi connectivity index (χ1v) is 6.88. The molecule has 1 amide bonds. The Morgan fingerprint density at radius 1 is 1.10 bits per heavy atom. The number of nitrogens with two attached hydrogens (primary N) is 1. The second-order valence-corrected chi connectivity index (χ2v) is 4.88. The first kappa shape index (κ1) is 15.0. The van der Waals surface area contributed by atoms with E-state index in [2.05, 4.69) is 0 Å². The molecule has 2 N–H and O–H groups in total. The minimum Gasteiger partial charge on any atom is -0.489 e. The van der Waals surface area contributed by atoms with Crippen molar-refractivity contribution in [3.05, 3.63) is 65.5 Å². The summed E-state index contributed by atoms with van der Waals surface area (Å²) in [6, 6.07) is 14.0. The van der Waals surface area contributed by atoms with Gasteiger partial charge in [0.15, 0.2) is 0 Å². The van der Waals surface area contributed by atoms with Crippen molar-refractivity contribution in [3.8, 4) is 5.75 Å². The number of carbonyl (C=O) groups is 1. The molecule has 0 radical (unpaired) electrons. The average Bonchev–Trinajstić information content (AvgIpc) is 2.46. The van der Waals surface area contributed by atoms with Gasteiger partial charge in [-0.3, -0.25) is 4.79 Å². The molecule has 0 fully saturated rings. The summed E-state index contributed by atoms with van der Waals surface area (Å²) in [5, 5.41) is 0. The van der Waals surface area contributed by atoms with Gasteiger partial charge in [-0.15, -0.1) is 0 Å². The second kappa shape index (κ2) is 7.43. The highest BCUT2D eigenvalue weighted by molar-refractivity contribution is 5.73. The zero-order valence-corrected chi connectivity index (χ0v) is 11.7. The van der Waals surface area contributed by atoms with Crippen molar-refractivity contribution in [1.82, 2.24) is 0 Å². The molecule has 0 spiro atoms. The highest BCUT2D eigenvalue weighted by Crippen LogP contribution is 2.16. The van der Waals surface area contributed by atoms with Crippen LogP contribution in [-0.4, -0.2) is 5.91 Å². The summed E-state index contributed by atoms with van der Waals surface area (Å²) in [6.07, 6.45) is 1.96. The maximum atomic E-state index is 13.0. The molecule has 0 saturated carbocycles. The van der Waals surface area contributed by atoms with Crippen LogP contribution in [0.5, 0.6) is 5.75 Å². The zero-order chi connectivity index (χ0) is 15.1. The molecular formula is C17H18FNO2. The lowest BCUT2D eigenvalue weighted by Gasteiger charge is -2.07. The Morgan fingerprint density at radius 2 is 1.86 bits per heavy atom. The minimum atomic E-state index is -0.273. The van der Waals surface area contributed by atoms with Crippen molar-refractivity contribution in [2.24, 2.45) is 5.73 Å². The molecular weight excluding hydrogens is 269 g/mol. The first-order chi connectivity index (χ1) is 10.1. The number of benzene rings is 2. The molecule has 0 aliphatic heterocycles. The molecule has 0 unspecified atom stereocenters. The predicted octanol–water partition coefficient (Wildman–Crippen LogP) is 3.21. The van der Waals surface area contributed by atoms with Crippen LogP contribution in [0.25, 0.3) is 0 Å². The minimum absolute atomic E-state index is 0.263. The topological polar surface area (TPSA) is 52.3 Å². The summed E-state index contributed by atoms with van der Waals surface area (Å²) in [7, 11) is 0. The van der Waals surface area contributed by atoms with Crippen LogP contribution >= 0.6 is 0 Å². The second-order valence-electron chi connectivity index (χ2n) is 4.88. The lowest BCUT2D eigenvalue weighted by Crippen LogP contribution is -2.10. The Morgan fingerprint density at radius 3 is 2.52 bits per heavy atom. The third kappa shape index (κ3) is 5.26. The maximum Gasteiger partial charge on any atom is 0.217 e. The van der Waals surface area contributed by atoms with Gasteiger partial charge in [-0.1, -0.05) is 24.3 Å². The van der Waals surface area contributed by atoms with Crippen LogP contribution < -0.4 is 10.5 Å². The first-order valence-electron chi connectivity index (χ1n) is 6.88. The van der Waals surface area contributed by atoms with Crippen LogP contribution in [0.2, 0.25) is 0 Å². The Balaban J connectivity index is 1.83. The number of halogens is 1. The Bertz CT molecular complexity index is 596. The van der Waals surface area contributed by atoms with E-state index in [0.29, 0.717) is 13.0 Å². The number of amides is 1. The zero-order valence-electron chi connectivity index (χ0n) is 11.7. The average molecular weight is 287 g/mol. The molecule has 2 aromatic rings. The van der Waals surface area contributed by atoms with Crippen molar-refractivity contribution in [3.63, 3.8) is 0 Å². The highest BCUT2D eigenvalue weighted by Gasteiger charge is 2.00. The Labute approximate surface area is 123 Å². The number of hydrogen-bond acceptors (Lipinski definition) is 2. The van der Waals surface area contributed by atoms with Crippen molar-refractivity contribution >= 4 is 5.91 Å². The fourth-order valence-corrected chi connectivity index (χ4v) is 2.01. The summed E-state index contributed by atoms with van der Waals surface area (Å²) < 4.78 is 18.6. The molecule has 0 saturated heterocycles. The monoisotopic (exact) mass is 287 g/mol. The number of aryl methyl sites for hydroxylation is 1. The van der Waals surface area contributed by atoms with Gasteiger partial charge < -0.3 is 10.5 Å². The van der Waals surface area contributed by atoms with Crippen molar-refractivity contribution in [2.75, 3.05) is 0 Å². The van der Waals surface area contributed by atoms with E-state index in [9.17, 15) is 9.18 Å². The van der Waals surface area contributed by atoms with Crippen molar-refractivity contribution in [2.45, 2.75) is 25.9 Å². The molecule has 0 aliphatic rings. The molecule has 2 aromatic carbocycles. The van der Waals surface area contributed by atoms with Crippen LogP contribution in [0.3, 0.4) is 0 Å². The van der Waals surface area contributed by atoms with E-state index in [1.54, 1.807) is 6.07 Å². The summed E-state index contributed by atoms with van der Waals surface area (Å²) in [5.74, 6) is 0.198. The molecule has 0 aromatic heterocycles. The lowest BCUT2D eigenvalue weighted by molar-refractivity contribution is -0.118. The Kier molecular flexibility index (Phi) is 5.32. The van der Waals surface area contributed by atoms with Gasteiger partial charge in [0.1, 0.15) is 18.2 Å². The van der Waals surface area contributed by atoms with Crippen LogP contribution in [0, 0.1) is 5.82 Å². The number of primary amides is 1. The van der Waals surface area contributed by atoms with Gasteiger partial charge in [0, 0.05) is 6.42 Å². The fourth-order valence-electron chi connectivity index (χ4n) is 2.01. The summed E-state index contributed by atoms with van der Waals surface area (Å²) in [6.45, 7) is 0.332. The number of rotatable bonds is 7. The van der Waals surface area contributed by atoms with E-state index in [4.69, 9.17) is 10.5 Å². The quantitative estimate of drug-likeness (QED) is 0.850. The largest absolute Gasteiger partial charge is 0.489 e. The summed E-state index contributed by atoms with van der Waals surface area (Å²) >= 11 is 0. The maximum absolute atomic E-state index is 13.0. The normalized spacial score (nSPS) is 10.3. The molecule has 0 bridgehead atoms. The van der Waals surface area contributed by atoms with E-state index in [0.717, 1.165) is 29.7 Å². The van der Waals surface area contributed by atoms with Gasteiger partial charge in [-0.2, -0.15) is 0 Å². The molecule has 2 rings (SSSR count). The van der Waals surface area contributed by atoms with E-state index in [1.165, 1.54) is 12.1 Å². The third-order valence-corrected chi connectivity index (χ3v) is 3.11. The standard InChI is InChI=1S/C17H18FNO2/c18-15-5-1-4-14(11-15)12-21-16-9-7-13(8-10-16)3-2-6-17(19)20/h1,4-5,7-11H,2-3,6,12H2,(H2,19,20). The van der Waals surface area contributed by atoms with Gasteiger partial charge in [-0.05, 0) is 48.2 Å². The number of carbonyl (C=O) groups excluding carboxylic acids is 1. The molecule has 3 nitrogen and oxygen atoms in total. The molecule has 110 valence electrons. The van der Waals surface area contributed by atoms with Gasteiger partial charge >= 0.3 is 0 Å². The predicted molar refractivity (Wildman–Crippen MR) is 79.3 cm³/mol. The lowest BCUT2D eigenvalue weighted by atomic mass is 10.1. The van der Waals surface area contributed by atoms with Crippen LogP contribution in [0.15, 0.2) is 48.5 Å². The van der Waals surface area contributed by atoms with Gasteiger partial charge in [0.25, 0.3) is 0 Å². The van der Waals surface area contributed by atoms with Gasteiger partial charge in [-0.25, -0.2) is 4.39 Å². The summed E-state index contributed by atoms with van der Waals surface area (Å²) in [4.78, 5) is 10.7. The van der Waals surface area contributed by atoms with Crippen molar-refractivity contribution in [1.29, 1.82) is 0 Å². The van der Waals surface area contributed by atoms with Gasteiger partial charge in [0.05, 0.1) is 0 Å². The van der Waals surface area contributed by atoms with E-state index >= 15 is 0 Å². The Hall–Kier alpha value is -2.36. The van der Waals surface area contributed by atoms with E-state index < -0.39 is 0 Å². The molecule has 0 aliphatic carbocycles. The summed E-state index contributed by atoms with van der Waals surface area (Å²) in [5.41, 5.74) is 7.03. The van der Waals surface area contributed by atoms with E-state index in [1.807, 2.05) is 30.3 Å². The van der Waals surface area contributed by atoms with E-state index in [-0.39, 0.29) is 11.7 Å². The van der Waals surface area contributed by atoms with Crippen LogP contribution in [0.1, 0.15) is 24.0 Å². The van der Waals surface area contributed by atoms with Crippen LogP contribution in [0.4, 0.5) is 4.39 Å². The third-order valence-electron chi connectivity index (χ3n) is 3.11. The van der Waals surface area contributed by atoms with Crippen LogP contribution in [-0.2, 0) is 17.8 Å². The highest BCUT2D eigenvalue weighted by atomic mass is 19.1. The number of hydrogen-bond donors (Lipinski definition) is 1. The molecule has 0 heterocycles. The molecule has 21 heavy (non-hydrogen) atoms. The SMILES string of the molecule is NC(=O)CCCc1ccc(OCc2cccc(F)c2)cc1. The smallest absolute Gasteiger partial charge is 0.217 e. The fraction of sp³-hybridized carbons (Fsp3) is 0.235. The number of ether oxygens (including phenoxy) is 1. The van der Waals surface area contributed by atoms with Gasteiger partial charge in [0.2, 0.25) is 5.91 Å². The molecule has 4 heteroatoms.